The van der Waals surface area contributed by atoms with Crippen molar-refractivity contribution in [2.75, 3.05) is 27.2 Å². The number of pyridine rings is 1. The molecule has 6 nitrogen and oxygen atoms in total. The Bertz CT molecular complexity index is 1410. The van der Waals surface area contributed by atoms with Gasteiger partial charge in [0.1, 0.15) is 5.75 Å². The summed E-state index contributed by atoms with van der Waals surface area (Å²) >= 11 is 1.67. The molecule has 4 aromatic rings. The van der Waals surface area contributed by atoms with Gasteiger partial charge in [0.25, 0.3) is 5.91 Å². The molecule has 36 heavy (non-hydrogen) atoms. The molecular weight excluding hydrogens is 468 g/mol. The summed E-state index contributed by atoms with van der Waals surface area (Å²) in [7, 11) is 3.75. The number of amides is 1. The maximum atomic E-state index is 13.3. The van der Waals surface area contributed by atoms with Crippen LogP contribution in [0.15, 0.2) is 54.9 Å². The standard InChI is InChI=1S/C25H23N3O2S.C4H9N/c1-15-6-7-18(30-3)13-20(15)24(29)28-25(8-9-25)21-11-17(23-14-27-16(2)31-23)12-22-19(21)5-4-10-26-22;1-5-3-2-4-5/h4-7,10-14H,8-9H2,1-3H3,(H,28,29);2-4H2,1H3. The summed E-state index contributed by atoms with van der Waals surface area (Å²) in [5, 5.41) is 5.44. The summed E-state index contributed by atoms with van der Waals surface area (Å²) in [6.45, 7) is 6.59. The van der Waals surface area contributed by atoms with Gasteiger partial charge in [-0.15, -0.1) is 11.3 Å². The molecule has 6 rings (SSSR count). The monoisotopic (exact) mass is 500 g/mol. The second-order valence-electron chi connectivity index (χ2n) is 9.71. The molecule has 1 amide bonds. The van der Waals surface area contributed by atoms with Crippen molar-refractivity contribution in [3.63, 3.8) is 0 Å². The molecular formula is C29H32N4O2S. The second-order valence-corrected chi connectivity index (χ2v) is 10.9. The number of hydrogen-bond donors (Lipinski definition) is 1. The Balaban J connectivity index is 0.000000477. The Morgan fingerprint density at radius 2 is 1.89 bits per heavy atom. The highest BCUT2D eigenvalue weighted by Gasteiger charge is 2.47. The van der Waals surface area contributed by atoms with E-state index in [9.17, 15) is 4.79 Å². The topological polar surface area (TPSA) is 67.3 Å². The van der Waals surface area contributed by atoms with E-state index in [1.807, 2.05) is 44.4 Å². The van der Waals surface area contributed by atoms with Gasteiger partial charge in [0.05, 0.1) is 28.1 Å². The summed E-state index contributed by atoms with van der Waals surface area (Å²) in [4.78, 5) is 25.7. The summed E-state index contributed by atoms with van der Waals surface area (Å²) < 4.78 is 5.32. The Hall–Kier alpha value is -3.29. The molecule has 3 heterocycles. The SMILES string of the molecule is CN1CCC1.COc1ccc(C)c(C(=O)NC2(c3cc(-c4cnc(C)s4)cc4ncccc34)CC2)c1. The molecule has 2 aliphatic rings. The number of nitrogens with zero attached hydrogens (tertiary/aromatic N) is 3. The van der Waals surface area contributed by atoms with Crippen molar-refractivity contribution in [1.29, 1.82) is 0 Å². The van der Waals surface area contributed by atoms with Crippen LogP contribution < -0.4 is 10.1 Å². The number of thiazole rings is 1. The van der Waals surface area contributed by atoms with Crippen molar-refractivity contribution in [3.8, 4) is 16.2 Å². The van der Waals surface area contributed by atoms with Crippen molar-refractivity contribution >= 4 is 28.1 Å². The van der Waals surface area contributed by atoms with Crippen LogP contribution in [0.2, 0.25) is 0 Å². The fourth-order valence-electron chi connectivity index (χ4n) is 4.53. The average molecular weight is 501 g/mol. The lowest BCUT2D eigenvalue weighted by atomic mass is 9.95. The molecule has 2 aromatic carbocycles. The first kappa shape index (κ1) is 24.4. The minimum atomic E-state index is -0.385. The number of likely N-dealkylation sites (tertiary alicyclic amines) is 1. The average Bonchev–Trinajstić information content (AvgIpc) is 3.52. The number of methoxy groups -OCH3 is 1. The molecule has 1 aliphatic carbocycles. The number of carbonyl (C=O) groups is 1. The van der Waals surface area contributed by atoms with Crippen LogP contribution >= 0.6 is 11.3 Å². The molecule has 1 aliphatic heterocycles. The zero-order valence-corrected chi connectivity index (χ0v) is 22.1. The maximum absolute atomic E-state index is 13.3. The molecule has 2 fully saturated rings. The van der Waals surface area contributed by atoms with Gasteiger partial charge in [0.15, 0.2) is 0 Å². The number of carbonyl (C=O) groups excluding carboxylic acids is 1. The molecule has 0 atom stereocenters. The number of fused-ring (bicyclic) bond motifs is 1. The second kappa shape index (κ2) is 9.99. The quantitative estimate of drug-likeness (QED) is 0.379. The third kappa shape index (κ3) is 4.99. The summed E-state index contributed by atoms with van der Waals surface area (Å²) in [5.41, 5.74) is 4.32. The third-order valence-electron chi connectivity index (χ3n) is 7.01. The van der Waals surface area contributed by atoms with Gasteiger partial charge in [-0.1, -0.05) is 12.1 Å². The summed E-state index contributed by atoms with van der Waals surface area (Å²) in [6, 6.07) is 13.9. The van der Waals surface area contributed by atoms with Crippen molar-refractivity contribution in [2.45, 2.75) is 38.6 Å². The van der Waals surface area contributed by atoms with Crippen molar-refractivity contribution in [1.82, 2.24) is 20.2 Å². The predicted octanol–water partition coefficient (Wildman–Crippen LogP) is 5.72. The highest BCUT2D eigenvalue weighted by Crippen LogP contribution is 2.49. The van der Waals surface area contributed by atoms with Crippen LogP contribution in [-0.4, -0.2) is 48.0 Å². The van der Waals surface area contributed by atoms with E-state index in [1.54, 1.807) is 24.5 Å². The van der Waals surface area contributed by atoms with Gasteiger partial charge in [-0.25, -0.2) is 4.98 Å². The van der Waals surface area contributed by atoms with E-state index >= 15 is 0 Å². The zero-order valence-electron chi connectivity index (χ0n) is 21.3. The van der Waals surface area contributed by atoms with Crippen LogP contribution in [0.1, 0.15) is 45.8 Å². The van der Waals surface area contributed by atoms with E-state index in [4.69, 9.17) is 4.74 Å². The molecule has 0 radical (unpaired) electrons. The molecule has 1 N–H and O–H groups in total. The first-order valence-electron chi connectivity index (χ1n) is 12.4. The number of nitrogens with one attached hydrogen (secondary N) is 1. The van der Waals surface area contributed by atoms with Crippen molar-refractivity contribution < 1.29 is 9.53 Å². The van der Waals surface area contributed by atoms with E-state index in [0.29, 0.717) is 11.3 Å². The molecule has 1 saturated heterocycles. The van der Waals surface area contributed by atoms with E-state index in [2.05, 4.69) is 45.4 Å². The van der Waals surface area contributed by atoms with Gasteiger partial charge >= 0.3 is 0 Å². The van der Waals surface area contributed by atoms with Crippen LogP contribution in [0.4, 0.5) is 0 Å². The number of ether oxygens (including phenoxy) is 1. The van der Waals surface area contributed by atoms with Crippen molar-refractivity contribution in [2.24, 2.45) is 0 Å². The Morgan fingerprint density at radius 1 is 1.11 bits per heavy atom. The van der Waals surface area contributed by atoms with E-state index < -0.39 is 0 Å². The Labute approximate surface area is 216 Å². The van der Waals surface area contributed by atoms with Gasteiger partial charge < -0.3 is 15.0 Å². The van der Waals surface area contributed by atoms with Crippen LogP contribution in [0.25, 0.3) is 21.3 Å². The Morgan fingerprint density at radius 3 is 2.50 bits per heavy atom. The molecule has 7 heteroatoms. The van der Waals surface area contributed by atoms with E-state index in [1.165, 1.54) is 19.5 Å². The summed E-state index contributed by atoms with van der Waals surface area (Å²) in [6.07, 6.45) is 6.93. The normalized spacial score (nSPS) is 16.0. The lowest BCUT2D eigenvalue weighted by molar-refractivity contribution is 0.0930. The fourth-order valence-corrected chi connectivity index (χ4v) is 5.30. The van der Waals surface area contributed by atoms with Crippen LogP contribution in [-0.2, 0) is 5.54 Å². The molecule has 0 unspecified atom stereocenters. The minimum Gasteiger partial charge on any atom is -0.497 e. The molecule has 0 spiro atoms. The van der Waals surface area contributed by atoms with Crippen LogP contribution in [0.3, 0.4) is 0 Å². The number of benzene rings is 2. The number of aryl methyl sites for hydroxylation is 2. The first-order valence-corrected chi connectivity index (χ1v) is 13.2. The summed E-state index contributed by atoms with van der Waals surface area (Å²) in [5.74, 6) is 0.600. The lowest BCUT2D eigenvalue weighted by Crippen LogP contribution is -2.35. The minimum absolute atomic E-state index is 0.0787. The van der Waals surface area contributed by atoms with E-state index in [0.717, 1.165) is 50.3 Å². The van der Waals surface area contributed by atoms with E-state index in [-0.39, 0.29) is 11.4 Å². The maximum Gasteiger partial charge on any atom is 0.252 e. The number of rotatable bonds is 5. The number of aromatic nitrogens is 2. The van der Waals surface area contributed by atoms with Gasteiger partial charge in [-0.2, -0.15) is 0 Å². The third-order valence-corrected chi connectivity index (χ3v) is 7.98. The van der Waals surface area contributed by atoms with Gasteiger partial charge in [-0.3, -0.25) is 9.78 Å². The molecule has 0 bridgehead atoms. The Kier molecular flexibility index (Phi) is 6.77. The molecule has 186 valence electrons. The predicted molar refractivity (Wildman–Crippen MR) is 146 cm³/mol. The van der Waals surface area contributed by atoms with Crippen LogP contribution in [0.5, 0.6) is 5.75 Å². The number of hydrogen-bond acceptors (Lipinski definition) is 6. The zero-order chi connectivity index (χ0) is 25.3. The van der Waals surface area contributed by atoms with Crippen molar-refractivity contribution in [3.05, 3.63) is 76.6 Å². The lowest BCUT2D eigenvalue weighted by Gasteiger charge is -2.24. The fraction of sp³-hybridized carbons (Fsp3) is 0.345. The smallest absolute Gasteiger partial charge is 0.252 e. The largest absolute Gasteiger partial charge is 0.497 e. The molecule has 2 aromatic heterocycles. The first-order chi connectivity index (χ1) is 17.4. The highest BCUT2D eigenvalue weighted by atomic mass is 32.1. The van der Waals surface area contributed by atoms with Crippen LogP contribution in [0, 0.1) is 13.8 Å². The molecule has 1 saturated carbocycles. The van der Waals surface area contributed by atoms with Gasteiger partial charge in [-0.05, 0) is 100 Å². The highest BCUT2D eigenvalue weighted by molar-refractivity contribution is 7.15. The van der Waals surface area contributed by atoms with Gasteiger partial charge in [0.2, 0.25) is 0 Å². The van der Waals surface area contributed by atoms with Gasteiger partial charge in [0, 0.05) is 23.3 Å².